The summed E-state index contributed by atoms with van der Waals surface area (Å²) in [6.45, 7) is 0. The number of carbonyl (C=O) groups excluding carboxylic acids is 1. The Labute approximate surface area is 124 Å². The summed E-state index contributed by atoms with van der Waals surface area (Å²) in [6.07, 6.45) is -3.06. The molecule has 2 atom stereocenters. The fourth-order valence-corrected chi connectivity index (χ4v) is 2.87. The number of rotatable bonds is 2. The minimum Gasteiger partial charge on any atom is -0.349 e. The average molecular weight is 312 g/mol. The van der Waals surface area contributed by atoms with E-state index in [1.165, 1.54) is 0 Å². The molecule has 1 aromatic heterocycles. The van der Waals surface area contributed by atoms with E-state index in [-0.39, 0.29) is 18.7 Å². The summed E-state index contributed by atoms with van der Waals surface area (Å²) in [7, 11) is 0. The number of nitrogens with one attached hydrogen (secondary N) is 2. The smallest absolute Gasteiger partial charge is 0.349 e. The Balaban J connectivity index is 1.68. The van der Waals surface area contributed by atoms with Crippen LogP contribution in [0.4, 0.5) is 13.2 Å². The lowest BCUT2D eigenvalue weighted by Crippen LogP contribution is -2.41. The van der Waals surface area contributed by atoms with Gasteiger partial charge in [0.2, 0.25) is 0 Å². The van der Waals surface area contributed by atoms with Crippen molar-refractivity contribution < 1.29 is 18.0 Å². The highest BCUT2D eigenvalue weighted by atomic mass is 19.4. The van der Waals surface area contributed by atoms with E-state index < -0.39 is 18.1 Å². The second-order valence-electron chi connectivity index (χ2n) is 5.60. The number of benzene rings is 1. The number of hydrogen-bond acceptors (Lipinski definition) is 3. The molecule has 0 spiro atoms. The number of hydrogen-bond donors (Lipinski definition) is 2. The SMILES string of the molecule is O=C(NC1CCCC(C(F)(F)F)C1)c1ccc2n[nH]nc2c1. The number of amides is 1. The lowest BCUT2D eigenvalue weighted by molar-refractivity contribution is -0.183. The molecule has 3 rings (SSSR count). The topological polar surface area (TPSA) is 70.7 Å². The van der Waals surface area contributed by atoms with E-state index in [0.29, 0.717) is 29.4 Å². The van der Waals surface area contributed by atoms with Crippen LogP contribution in [0.1, 0.15) is 36.0 Å². The summed E-state index contributed by atoms with van der Waals surface area (Å²) in [5.74, 6) is -1.71. The van der Waals surface area contributed by atoms with Gasteiger partial charge in [-0.05, 0) is 37.5 Å². The van der Waals surface area contributed by atoms with Gasteiger partial charge in [0.05, 0.1) is 5.92 Å². The number of carbonyl (C=O) groups is 1. The van der Waals surface area contributed by atoms with E-state index in [1.807, 2.05) is 0 Å². The molecule has 0 saturated heterocycles. The standard InChI is InChI=1S/C14H15F3N4O/c15-14(16,17)9-2-1-3-10(7-9)18-13(22)8-4-5-11-12(6-8)20-21-19-11/h4-6,9-10H,1-3,7H2,(H,18,22)(H,19,20,21). The number of aromatic nitrogens is 3. The third-order valence-corrected chi connectivity index (χ3v) is 4.05. The number of aromatic amines is 1. The zero-order chi connectivity index (χ0) is 15.7. The molecule has 8 heteroatoms. The molecule has 2 aromatic rings. The van der Waals surface area contributed by atoms with Gasteiger partial charge in [-0.3, -0.25) is 4.79 Å². The van der Waals surface area contributed by atoms with E-state index in [1.54, 1.807) is 18.2 Å². The molecule has 118 valence electrons. The van der Waals surface area contributed by atoms with Gasteiger partial charge in [0, 0.05) is 11.6 Å². The first-order chi connectivity index (χ1) is 10.4. The fraction of sp³-hybridized carbons (Fsp3) is 0.500. The van der Waals surface area contributed by atoms with Crippen molar-refractivity contribution in [3.63, 3.8) is 0 Å². The van der Waals surface area contributed by atoms with Crippen LogP contribution >= 0.6 is 0 Å². The zero-order valence-corrected chi connectivity index (χ0v) is 11.7. The maximum absolute atomic E-state index is 12.8. The normalized spacial score (nSPS) is 22.7. The summed E-state index contributed by atoms with van der Waals surface area (Å²) >= 11 is 0. The van der Waals surface area contributed by atoms with Crippen LogP contribution in [0.15, 0.2) is 18.2 Å². The van der Waals surface area contributed by atoms with E-state index in [4.69, 9.17) is 0 Å². The number of H-pyrrole nitrogens is 1. The Bertz CT molecular complexity index is 682. The van der Waals surface area contributed by atoms with Crippen LogP contribution in [0.3, 0.4) is 0 Å². The van der Waals surface area contributed by atoms with Crippen molar-refractivity contribution in [2.75, 3.05) is 0 Å². The van der Waals surface area contributed by atoms with Crippen molar-refractivity contribution in [3.05, 3.63) is 23.8 Å². The van der Waals surface area contributed by atoms with Crippen LogP contribution in [-0.4, -0.2) is 33.5 Å². The van der Waals surface area contributed by atoms with Gasteiger partial charge in [-0.15, -0.1) is 0 Å². The highest BCUT2D eigenvalue weighted by Crippen LogP contribution is 2.37. The third-order valence-electron chi connectivity index (χ3n) is 4.05. The van der Waals surface area contributed by atoms with E-state index >= 15 is 0 Å². The van der Waals surface area contributed by atoms with Gasteiger partial charge >= 0.3 is 6.18 Å². The number of nitrogens with zero attached hydrogens (tertiary/aromatic N) is 2. The van der Waals surface area contributed by atoms with Gasteiger partial charge in [-0.2, -0.15) is 28.6 Å². The van der Waals surface area contributed by atoms with Gasteiger partial charge in [0.15, 0.2) is 0 Å². The first-order valence-electron chi connectivity index (χ1n) is 7.11. The first kappa shape index (κ1) is 14.8. The highest BCUT2D eigenvalue weighted by Gasteiger charge is 2.42. The predicted molar refractivity (Wildman–Crippen MR) is 73.2 cm³/mol. The minimum absolute atomic E-state index is 0.0541. The maximum atomic E-state index is 12.8. The average Bonchev–Trinajstić information content (AvgIpc) is 2.94. The van der Waals surface area contributed by atoms with Crippen LogP contribution in [0.5, 0.6) is 0 Å². The molecule has 1 saturated carbocycles. The van der Waals surface area contributed by atoms with Gasteiger partial charge < -0.3 is 5.32 Å². The van der Waals surface area contributed by atoms with Gasteiger partial charge in [-0.25, -0.2) is 0 Å². The van der Waals surface area contributed by atoms with E-state index in [9.17, 15) is 18.0 Å². The number of halogens is 3. The van der Waals surface area contributed by atoms with Crippen LogP contribution in [0.2, 0.25) is 0 Å². The monoisotopic (exact) mass is 312 g/mol. The van der Waals surface area contributed by atoms with Gasteiger partial charge in [0.1, 0.15) is 11.0 Å². The molecule has 0 bridgehead atoms. The molecule has 1 aliphatic carbocycles. The van der Waals surface area contributed by atoms with Crippen LogP contribution < -0.4 is 5.32 Å². The molecule has 2 unspecified atom stereocenters. The third kappa shape index (κ3) is 3.05. The lowest BCUT2D eigenvalue weighted by Gasteiger charge is -2.31. The summed E-state index contributed by atoms with van der Waals surface area (Å²) < 4.78 is 38.3. The molecule has 1 aromatic carbocycles. The Morgan fingerprint density at radius 1 is 1.23 bits per heavy atom. The molecular formula is C14H15F3N4O. The van der Waals surface area contributed by atoms with Crippen molar-refractivity contribution in [3.8, 4) is 0 Å². The molecule has 1 amide bonds. The molecular weight excluding hydrogens is 297 g/mol. The quantitative estimate of drug-likeness (QED) is 0.896. The summed E-state index contributed by atoms with van der Waals surface area (Å²) in [5.41, 5.74) is 1.55. The van der Waals surface area contributed by atoms with Crippen LogP contribution in [0.25, 0.3) is 11.0 Å². The largest absolute Gasteiger partial charge is 0.391 e. The minimum atomic E-state index is -4.19. The van der Waals surface area contributed by atoms with Crippen molar-refractivity contribution >= 4 is 16.9 Å². The molecule has 1 fully saturated rings. The molecule has 1 aliphatic rings. The van der Waals surface area contributed by atoms with Crippen LogP contribution in [0, 0.1) is 5.92 Å². The predicted octanol–water partition coefficient (Wildman–Crippen LogP) is 2.81. The Morgan fingerprint density at radius 2 is 2.00 bits per heavy atom. The fourth-order valence-electron chi connectivity index (χ4n) is 2.87. The Kier molecular flexibility index (Phi) is 3.76. The molecule has 22 heavy (non-hydrogen) atoms. The van der Waals surface area contributed by atoms with Crippen molar-refractivity contribution in [1.82, 2.24) is 20.7 Å². The maximum Gasteiger partial charge on any atom is 0.391 e. The Morgan fingerprint density at radius 3 is 2.77 bits per heavy atom. The molecule has 0 aliphatic heterocycles. The molecule has 5 nitrogen and oxygen atoms in total. The summed E-state index contributed by atoms with van der Waals surface area (Å²) in [4.78, 5) is 12.2. The van der Waals surface area contributed by atoms with Crippen LogP contribution in [-0.2, 0) is 0 Å². The molecule has 0 radical (unpaired) electrons. The van der Waals surface area contributed by atoms with Gasteiger partial charge in [0.25, 0.3) is 5.91 Å². The van der Waals surface area contributed by atoms with Crippen molar-refractivity contribution in [2.45, 2.75) is 37.9 Å². The van der Waals surface area contributed by atoms with Crippen molar-refractivity contribution in [2.24, 2.45) is 5.92 Å². The number of alkyl halides is 3. The van der Waals surface area contributed by atoms with Crippen molar-refractivity contribution in [1.29, 1.82) is 0 Å². The zero-order valence-electron chi connectivity index (χ0n) is 11.7. The molecule has 1 heterocycles. The van der Waals surface area contributed by atoms with Gasteiger partial charge in [-0.1, -0.05) is 6.42 Å². The lowest BCUT2D eigenvalue weighted by atomic mass is 9.85. The second-order valence-corrected chi connectivity index (χ2v) is 5.60. The van der Waals surface area contributed by atoms with E-state index in [2.05, 4.69) is 20.7 Å². The second kappa shape index (κ2) is 5.58. The Hall–Kier alpha value is -2.12. The first-order valence-corrected chi connectivity index (χ1v) is 7.11. The number of fused-ring (bicyclic) bond motifs is 1. The molecule has 2 N–H and O–H groups in total. The summed E-state index contributed by atoms with van der Waals surface area (Å²) in [6, 6.07) is 4.36. The van der Waals surface area contributed by atoms with E-state index in [0.717, 1.165) is 0 Å². The summed E-state index contributed by atoms with van der Waals surface area (Å²) in [5, 5.41) is 12.9. The highest BCUT2D eigenvalue weighted by molar-refractivity contribution is 5.97.